The molecule has 1 heterocycles. The van der Waals surface area contributed by atoms with E-state index in [4.69, 9.17) is 11.6 Å². The number of benzene rings is 1. The monoisotopic (exact) mass is 279 g/mol. The second-order valence-corrected chi connectivity index (χ2v) is 6.19. The van der Waals surface area contributed by atoms with Gasteiger partial charge in [-0.25, -0.2) is 0 Å². The molecule has 2 aromatic rings. The highest BCUT2D eigenvalue weighted by atomic mass is 35.5. The molecule has 2 atom stereocenters. The van der Waals surface area contributed by atoms with Crippen LogP contribution in [0.15, 0.2) is 35.7 Å². The first kappa shape index (κ1) is 13.6. The van der Waals surface area contributed by atoms with Crippen LogP contribution >= 0.6 is 22.9 Å². The van der Waals surface area contributed by atoms with Crippen molar-refractivity contribution in [2.45, 2.75) is 32.9 Å². The molecule has 1 aromatic heterocycles. The summed E-state index contributed by atoms with van der Waals surface area (Å²) >= 11 is 7.56. The maximum absolute atomic E-state index is 5.97. The van der Waals surface area contributed by atoms with Crippen LogP contribution in [0.3, 0.4) is 0 Å². The first-order valence-electron chi connectivity index (χ1n) is 6.13. The summed E-state index contributed by atoms with van der Waals surface area (Å²) in [4.78, 5) is 0. The van der Waals surface area contributed by atoms with Gasteiger partial charge in [-0.15, -0.1) is 11.3 Å². The van der Waals surface area contributed by atoms with Gasteiger partial charge < -0.3 is 5.32 Å². The summed E-state index contributed by atoms with van der Waals surface area (Å²) in [6, 6.07) is 11.2. The van der Waals surface area contributed by atoms with E-state index in [0.29, 0.717) is 12.1 Å². The molecular weight excluding hydrogens is 262 g/mol. The van der Waals surface area contributed by atoms with Gasteiger partial charge in [0.25, 0.3) is 0 Å². The Labute approximate surface area is 118 Å². The molecule has 0 aliphatic carbocycles. The van der Waals surface area contributed by atoms with Crippen molar-refractivity contribution < 1.29 is 0 Å². The summed E-state index contributed by atoms with van der Waals surface area (Å²) < 4.78 is 0.849. The molecule has 0 aliphatic rings. The van der Waals surface area contributed by atoms with Crippen LogP contribution in [0.4, 0.5) is 0 Å². The number of rotatable bonds is 4. The van der Waals surface area contributed by atoms with E-state index in [1.54, 1.807) is 11.3 Å². The average Bonchev–Trinajstić information content (AvgIpc) is 2.76. The zero-order valence-corrected chi connectivity index (χ0v) is 12.5. The maximum Gasteiger partial charge on any atom is 0.0931 e. The van der Waals surface area contributed by atoms with E-state index in [1.165, 1.54) is 16.7 Å². The zero-order valence-electron chi connectivity index (χ0n) is 10.9. The summed E-state index contributed by atoms with van der Waals surface area (Å²) in [7, 11) is 0. The van der Waals surface area contributed by atoms with Crippen LogP contribution in [0.5, 0.6) is 0 Å². The summed E-state index contributed by atoms with van der Waals surface area (Å²) in [6.07, 6.45) is 0. The van der Waals surface area contributed by atoms with Gasteiger partial charge in [0.15, 0.2) is 0 Å². The molecule has 1 aromatic carbocycles. The molecule has 1 unspecified atom stereocenters. The molecule has 0 saturated carbocycles. The van der Waals surface area contributed by atoms with Crippen LogP contribution in [0, 0.1) is 6.92 Å². The predicted molar refractivity (Wildman–Crippen MR) is 80.5 cm³/mol. The van der Waals surface area contributed by atoms with Crippen molar-refractivity contribution in [2.75, 3.05) is 0 Å². The van der Waals surface area contributed by atoms with Crippen LogP contribution in [0.2, 0.25) is 4.34 Å². The second-order valence-electron chi connectivity index (χ2n) is 4.65. The van der Waals surface area contributed by atoms with Crippen molar-refractivity contribution in [1.29, 1.82) is 0 Å². The Morgan fingerprint density at radius 3 is 2.50 bits per heavy atom. The normalized spacial score (nSPS) is 14.4. The van der Waals surface area contributed by atoms with Crippen molar-refractivity contribution >= 4 is 22.9 Å². The predicted octanol–water partition coefficient (Wildman–Crippen LogP) is 5.12. The van der Waals surface area contributed by atoms with E-state index in [-0.39, 0.29) is 0 Å². The van der Waals surface area contributed by atoms with Gasteiger partial charge >= 0.3 is 0 Å². The number of aryl methyl sites for hydroxylation is 1. The summed E-state index contributed by atoms with van der Waals surface area (Å²) in [5, 5.41) is 5.73. The number of hydrogen-bond donors (Lipinski definition) is 1. The zero-order chi connectivity index (χ0) is 13.1. The smallest absolute Gasteiger partial charge is 0.0931 e. The molecule has 1 nitrogen and oxygen atoms in total. The Hall–Kier alpha value is -0.830. The Bertz CT molecular complexity index is 521. The minimum absolute atomic E-state index is 0.309. The van der Waals surface area contributed by atoms with Crippen molar-refractivity contribution in [3.8, 4) is 0 Å². The average molecular weight is 280 g/mol. The standard InChI is InChI=1S/C15H18ClNS/c1-10-6-4-5-7-14(10)12(3)17-11(2)13-8-15(16)18-9-13/h4-9,11-12,17H,1-3H3/t11?,12-/m0/s1. The first-order chi connectivity index (χ1) is 8.58. The fraction of sp³-hybridized carbons (Fsp3) is 0.333. The quantitative estimate of drug-likeness (QED) is 0.819. The number of nitrogens with one attached hydrogen (secondary N) is 1. The molecule has 1 N–H and O–H groups in total. The molecule has 0 bridgehead atoms. The number of hydrogen-bond acceptors (Lipinski definition) is 2. The van der Waals surface area contributed by atoms with Crippen LogP contribution in [0.1, 0.15) is 42.6 Å². The summed E-state index contributed by atoms with van der Waals surface area (Å²) in [6.45, 7) is 6.53. The van der Waals surface area contributed by atoms with E-state index in [2.05, 4.69) is 55.7 Å². The molecule has 96 valence electrons. The third kappa shape index (κ3) is 3.14. The van der Waals surface area contributed by atoms with Crippen LogP contribution in [-0.4, -0.2) is 0 Å². The van der Waals surface area contributed by atoms with E-state index in [9.17, 15) is 0 Å². The topological polar surface area (TPSA) is 12.0 Å². The highest BCUT2D eigenvalue weighted by Gasteiger charge is 2.13. The first-order valence-corrected chi connectivity index (χ1v) is 7.39. The fourth-order valence-corrected chi connectivity index (χ4v) is 3.17. The fourth-order valence-electron chi connectivity index (χ4n) is 2.18. The van der Waals surface area contributed by atoms with E-state index in [0.717, 1.165) is 4.34 Å². The van der Waals surface area contributed by atoms with Gasteiger partial charge in [-0.05, 0) is 48.9 Å². The van der Waals surface area contributed by atoms with Gasteiger partial charge in [0.2, 0.25) is 0 Å². The molecule has 18 heavy (non-hydrogen) atoms. The van der Waals surface area contributed by atoms with Gasteiger partial charge in [-0.1, -0.05) is 35.9 Å². The van der Waals surface area contributed by atoms with Crippen molar-refractivity contribution in [2.24, 2.45) is 0 Å². The lowest BCUT2D eigenvalue weighted by Crippen LogP contribution is -2.22. The van der Waals surface area contributed by atoms with Gasteiger partial charge in [0, 0.05) is 12.1 Å². The Balaban J connectivity index is 2.08. The third-order valence-electron chi connectivity index (χ3n) is 3.24. The number of halogens is 1. The Morgan fingerprint density at radius 1 is 1.17 bits per heavy atom. The lowest BCUT2D eigenvalue weighted by molar-refractivity contribution is 0.494. The molecule has 0 saturated heterocycles. The van der Waals surface area contributed by atoms with Gasteiger partial charge in [-0.2, -0.15) is 0 Å². The largest absolute Gasteiger partial charge is 0.304 e. The SMILES string of the molecule is Cc1ccccc1[C@H](C)NC(C)c1csc(Cl)c1. The molecule has 0 amide bonds. The van der Waals surface area contributed by atoms with Crippen molar-refractivity contribution in [1.82, 2.24) is 5.32 Å². The molecule has 3 heteroatoms. The third-order valence-corrected chi connectivity index (χ3v) is 4.35. The molecule has 2 rings (SSSR count). The van der Waals surface area contributed by atoms with Crippen molar-refractivity contribution in [3.63, 3.8) is 0 Å². The van der Waals surface area contributed by atoms with Crippen LogP contribution in [0.25, 0.3) is 0 Å². The lowest BCUT2D eigenvalue weighted by Gasteiger charge is -2.21. The molecule has 0 aliphatic heterocycles. The molecular formula is C15H18ClNS. The van der Waals surface area contributed by atoms with Gasteiger partial charge in [0.1, 0.15) is 0 Å². The Kier molecular flexibility index (Phi) is 4.44. The van der Waals surface area contributed by atoms with Crippen molar-refractivity contribution in [3.05, 3.63) is 56.7 Å². The second kappa shape index (κ2) is 5.87. The minimum Gasteiger partial charge on any atom is -0.304 e. The summed E-state index contributed by atoms with van der Waals surface area (Å²) in [5.74, 6) is 0. The van der Waals surface area contributed by atoms with Gasteiger partial charge in [0.05, 0.1) is 4.34 Å². The van der Waals surface area contributed by atoms with E-state index >= 15 is 0 Å². The van der Waals surface area contributed by atoms with Crippen LogP contribution < -0.4 is 5.32 Å². The summed E-state index contributed by atoms with van der Waals surface area (Å²) in [5.41, 5.74) is 3.93. The van der Waals surface area contributed by atoms with E-state index in [1.807, 2.05) is 6.07 Å². The Morgan fingerprint density at radius 2 is 1.89 bits per heavy atom. The van der Waals surface area contributed by atoms with E-state index < -0.39 is 0 Å². The highest BCUT2D eigenvalue weighted by Crippen LogP contribution is 2.27. The lowest BCUT2D eigenvalue weighted by atomic mass is 10.0. The minimum atomic E-state index is 0.309. The van der Waals surface area contributed by atoms with Gasteiger partial charge in [-0.3, -0.25) is 0 Å². The molecule has 0 radical (unpaired) electrons. The maximum atomic E-state index is 5.97. The molecule has 0 spiro atoms. The highest BCUT2D eigenvalue weighted by molar-refractivity contribution is 7.14. The van der Waals surface area contributed by atoms with Crippen LogP contribution in [-0.2, 0) is 0 Å². The molecule has 0 fully saturated rings. The number of thiophene rings is 1.